The first kappa shape index (κ1) is 13.3. The number of carbonyl (C=O) groups is 1. The molecule has 1 aliphatic carbocycles. The van der Waals surface area contributed by atoms with Gasteiger partial charge in [0, 0.05) is 18.4 Å². The average Bonchev–Trinajstić information content (AvgIpc) is 2.56. The van der Waals surface area contributed by atoms with Crippen molar-refractivity contribution >= 4 is 5.78 Å². The van der Waals surface area contributed by atoms with Crippen LogP contribution in [-0.2, 0) is 9.53 Å². The van der Waals surface area contributed by atoms with Crippen LogP contribution < -0.4 is 0 Å². The molecule has 4 nitrogen and oxygen atoms in total. The van der Waals surface area contributed by atoms with E-state index in [1.54, 1.807) is 19.9 Å². The maximum atomic E-state index is 11.8. The number of ether oxygens (including phenoxy) is 1. The number of allylic oxidation sites excluding steroid dienone is 2. The van der Waals surface area contributed by atoms with Crippen molar-refractivity contribution in [1.82, 2.24) is 0 Å². The van der Waals surface area contributed by atoms with Crippen molar-refractivity contribution in [2.75, 3.05) is 0 Å². The first-order chi connectivity index (χ1) is 8.26. The molecule has 3 atom stereocenters. The molecule has 4 heteroatoms. The molecule has 0 aromatic rings. The van der Waals surface area contributed by atoms with Crippen LogP contribution >= 0.6 is 0 Å². The minimum atomic E-state index is -1.12. The van der Waals surface area contributed by atoms with Crippen LogP contribution in [0.1, 0.15) is 33.1 Å². The number of hydrogen-bond acceptors (Lipinski definition) is 4. The predicted octanol–water partition coefficient (Wildman–Crippen LogP) is 1.33. The summed E-state index contributed by atoms with van der Waals surface area (Å²) >= 11 is 0. The minimum Gasteiger partial charge on any atom is -0.488 e. The van der Waals surface area contributed by atoms with Crippen molar-refractivity contribution in [3.05, 3.63) is 24.5 Å². The van der Waals surface area contributed by atoms with Gasteiger partial charge in [0.15, 0.2) is 5.78 Å². The number of ketones is 1. The second-order valence-corrected chi connectivity index (χ2v) is 5.83. The van der Waals surface area contributed by atoms with Crippen molar-refractivity contribution in [2.45, 2.75) is 50.4 Å². The molecule has 2 aliphatic rings. The third-order valence-electron chi connectivity index (χ3n) is 3.75. The molecule has 0 saturated carbocycles. The molecule has 0 radical (unpaired) electrons. The van der Waals surface area contributed by atoms with Crippen molar-refractivity contribution in [1.29, 1.82) is 0 Å². The Balaban J connectivity index is 2.24. The van der Waals surface area contributed by atoms with Crippen molar-refractivity contribution in [3.8, 4) is 0 Å². The molecule has 0 aromatic heterocycles. The molecule has 100 valence electrons. The highest BCUT2D eigenvalue weighted by Crippen LogP contribution is 2.45. The van der Waals surface area contributed by atoms with Gasteiger partial charge in [-0.25, -0.2) is 0 Å². The second kappa shape index (κ2) is 4.21. The molecule has 0 aromatic carbocycles. The van der Waals surface area contributed by atoms with Crippen molar-refractivity contribution < 1.29 is 19.7 Å². The van der Waals surface area contributed by atoms with Crippen molar-refractivity contribution in [2.24, 2.45) is 5.92 Å². The largest absolute Gasteiger partial charge is 0.488 e. The van der Waals surface area contributed by atoms with Crippen LogP contribution in [0, 0.1) is 5.92 Å². The second-order valence-electron chi connectivity index (χ2n) is 5.83. The summed E-state index contributed by atoms with van der Waals surface area (Å²) in [7, 11) is 0. The fourth-order valence-corrected chi connectivity index (χ4v) is 2.61. The van der Waals surface area contributed by atoms with E-state index in [4.69, 9.17) is 4.74 Å². The molecule has 2 rings (SSSR count). The van der Waals surface area contributed by atoms with Gasteiger partial charge in [-0.05, 0) is 26.7 Å². The average molecular weight is 252 g/mol. The predicted molar refractivity (Wildman–Crippen MR) is 66.7 cm³/mol. The van der Waals surface area contributed by atoms with Crippen LogP contribution in [0.25, 0.3) is 0 Å². The van der Waals surface area contributed by atoms with E-state index in [1.807, 2.05) is 0 Å². The zero-order valence-corrected chi connectivity index (χ0v) is 10.8. The molecule has 2 N–H and O–H groups in total. The molecule has 18 heavy (non-hydrogen) atoms. The summed E-state index contributed by atoms with van der Waals surface area (Å²) in [6, 6.07) is 0. The van der Waals surface area contributed by atoms with Gasteiger partial charge in [0.1, 0.15) is 17.5 Å². The Kier molecular flexibility index (Phi) is 3.11. The molecular weight excluding hydrogens is 232 g/mol. The summed E-state index contributed by atoms with van der Waals surface area (Å²) in [6.07, 6.45) is 3.80. The van der Waals surface area contributed by atoms with E-state index in [0.717, 1.165) is 0 Å². The summed E-state index contributed by atoms with van der Waals surface area (Å²) in [5.74, 6) is 0.0336. The maximum absolute atomic E-state index is 11.8. The minimum absolute atomic E-state index is 0.0361. The summed E-state index contributed by atoms with van der Waals surface area (Å²) in [5.41, 5.74) is -2.16. The maximum Gasteiger partial charge on any atom is 0.162 e. The molecule has 0 bridgehead atoms. The van der Waals surface area contributed by atoms with Gasteiger partial charge < -0.3 is 14.9 Å². The quantitative estimate of drug-likeness (QED) is 0.744. The lowest BCUT2D eigenvalue weighted by atomic mass is 9.77. The Morgan fingerprint density at radius 3 is 2.83 bits per heavy atom. The van der Waals surface area contributed by atoms with E-state index in [1.165, 1.54) is 6.08 Å². The Bertz CT molecular complexity index is 405. The van der Waals surface area contributed by atoms with Crippen LogP contribution in [0.4, 0.5) is 0 Å². The van der Waals surface area contributed by atoms with Crippen LogP contribution in [0.15, 0.2) is 24.5 Å². The van der Waals surface area contributed by atoms with Gasteiger partial charge in [0.2, 0.25) is 0 Å². The van der Waals surface area contributed by atoms with Gasteiger partial charge >= 0.3 is 0 Å². The normalized spacial score (nSPS) is 35.8. The fourth-order valence-electron chi connectivity index (χ4n) is 2.61. The number of aliphatic hydroxyl groups is 2. The van der Waals surface area contributed by atoms with E-state index in [9.17, 15) is 15.0 Å². The van der Waals surface area contributed by atoms with E-state index in [0.29, 0.717) is 25.0 Å². The number of hydrogen-bond donors (Lipinski definition) is 2. The summed E-state index contributed by atoms with van der Waals surface area (Å²) in [6.45, 7) is 6.91. The molecule has 1 heterocycles. The van der Waals surface area contributed by atoms with E-state index in [2.05, 4.69) is 6.58 Å². The third-order valence-corrected chi connectivity index (χ3v) is 3.75. The van der Waals surface area contributed by atoms with E-state index in [-0.39, 0.29) is 11.7 Å². The van der Waals surface area contributed by atoms with Gasteiger partial charge in [-0.2, -0.15) is 0 Å². The highest BCUT2D eigenvalue weighted by Gasteiger charge is 2.52. The van der Waals surface area contributed by atoms with Gasteiger partial charge in [0.05, 0.1) is 5.60 Å². The molecule has 0 unspecified atom stereocenters. The smallest absolute Gasteiger partial charge is 0.162 e. The number of carbonyl (C=O) groups excluding carboxylic acids is 1. The highest BCUT2D eigenvalue weighted by atomic mass is 16.5. The zero-order chi connectivity index (χ0) is 13.6. The zero-order valence-electron chi connectivity index (χ0n) is 10.8. The lowest BCUT2D eigenvalue weighted by molar-refractivity contribution is -0.121. The number of fused-ring (bicyclic) bond motifs is 1. The molecule has 0 spiro atoms. The molecule has 0 amide bonds. The lowest BCUT2D eigenvalue weighted by Crippen LogP contribution is -2.39. The Morgan fingerprint density at radius 2 is 2.28 bits per heavy atom. The van der Waals surface area contributed by atoms with E-state index >= 15 is 0 Å². The Hall–Kier alpha value is -1.13. The Morgan fingerprint density at radius 1 is 1.61 bits per heavy atom. The van der Waals surface area contributed by atoms with Gasteiger partial charge in [-0.3, -0.25) is 4.79 Å². The SMILES string of the molecule is C=CC[C@@H]1C[C@]2(O)C[C@H](C(C)(C)O)OC2=CC1=O. The van der Waals surface area contributed by atoms with Gasteiger partial charge in [0.25, 0.3) is 0 Å². The highest BCUT2D eigenvalue weighted by molar-refractivity contribution is 5.93. The van der Waals surface area contributed by atoms with Crippen LogP contribution in [-0.4, -0.2) is 33.3 Å². The Labute approximate surface area is 107 Å². The van der Waals surface area contributed by atoms with Crippen LogP contribution in [0.2, 0.25) is 0 Å². The first-order valence-corrected chi connectivity index (χ1v) is 6.24. The molecular formula is C14H20O4. The summed E-state index contributed by atoms with van der Waals surface area (Å²) < 4.78 is 5.54. The van der Waals surface area contributed by atoms with Crippen LogP contribution in [0.3, 0.4) is 0 Å². The molecule has 1 aliphatic heterocycles. The standard InChI is InChI=1S/C14H20O4/c1-4-5-9-7-14(17)8-12(13(2,3)16)18-11(14)6-10(9)15/h4,6,9,12,16-17H,1,5,7-8H2,2-3H3/t9-,12-,14+/m1/s1. The monoisotopic (exact) mass is 252 g/mol. The van der Waals surface area contributed by atoms with Gasteiger partial charge in [-0.15, -0.1) is 6.58 Å². The third kappa shape index (κ3) is 2.22. The first-order valence-electron chi connectivity index (χ1n) is 6.24. The van der Waals surface area contributed by atoms with Crippen LogP contribution in [0.5, 0.6) is 0 Å². The number of rotatable bonds is 3. The topological polar surface area (TPSA) is 66.8 Å². The summed E-state index contributed by atoms with van der Waals surface area (Å²) in [4.78, 5) is 11.8. The summed E-state index contributed by atoms with van der Waals surface area (Å²) in [5, 5.41) is 20.5. The fraction of sp³-hybridized carbons (Fsp3) is 0.643. The van der Waals surface area contributed by atoms with Gasteiger partial charge in [-0.1, -0.05) is 6.08 Å². The van der Waals surface area contributed by atoms with E-state index < -0.39 is 17.3 Å². The molecule has 1 saturated heterocycles. The molecule has 1 fully saturated rings. The lowest BCUT2D eigenvalue weighted by Gasteiger charge is -2.29. The van der Waals surface area contributed by atoms with Crippen molar-refractivity contribution in [3.63, 3.8) is 0 Å².